The molecule has 0 aromatic heterocycles. The number of nitrogens with one attached hydrogen (secondary N) is 1. The molecule has 1 aliphatic heterocycles. The molecule has 2 aliphatic rings. The molecular formula is C23H29AsN4O5. The van der Waals surface area contributed by atoms with Crippen molar-refractivity contribution in [3.8, 4) is 5.75 Å². The molecule has 4 N–H and O–H groups in total. The van der Waals surface area contributed by atoms with Crippen LogP contribution in [-0.4, -0.2) is 77.0 Å². The zero-order valence-corrected chi connectivity index (χ0v) is 20.7. The molecule has 0 radical (unpaired) electrons. The second kappa shape index (κ2) is 10.1. The summed E-state index contributed by atoms with van der Waals surface area (Å²) in [5, 5.41) is 11.6. The van der Waals surface area contributed by atoms with Crippen LogP contribution in [0.4, 0.5) is 5.69 Å². The van der Waals surface area contributed by atoms with E-state index in [-0.39, 0.29) is 17.3 Å². The Bertz CT molecular complexity index is 1110. The molecule has 0 bridgehead atoms. The number of hydrogen-bond acceptors (Lipinski definition) is 6. The number of aryl methyl sites for hydroxylation is 1. The second-order valence-corrected chi connectivity index (χ2v) is 11.7. The van der Waals surface area contributed by atoms with Gasteiger partial charge in [0.1, 0.15) is 0 Å². The van der Waals surface area contributed by atoms with Crippen molar-refractivity contribution in [2.75, 3.05) is 26.0 Å². The number of aliphatic imine (C=N–C) groups is 2. The topological polar surface area (TPSA) is 135 Å². The SMILES string of the molecule is CC(=O)Nc1ccc(O)c([As](=O)(O)O)c1.CN(C)CC1(C2CCc3ccccc32)N=CC=N1. The van der Waals surface area contributed by atoms with E-state index in [1.54, 1.807) is 0 Å². The Morgan fingerprint density at radius 2 is 1.85 bits per heavy atom. The summed E-state index contributed by atoms with van der Waals surface area (Å²) in [6.45, 7) is 2.15. The summed E-state index contributed by atoms with van der Waals surface area (Å²) in [7, 11) is 4.18. The van der Waals surface area contributed by atoms with Crippen LogP contribution < -0.4 is 9.67 Å². The van der Waals surface area contributed by atoms with Crippen LogP contribution in [0, 0.1) is 0 Å². The monoisotopic (exact) mass is 516 g/mol. The summed E-state index contributed by atoms with van der Waals surface area (Å²) in [6, 6.07) is 12.3. The molecule has 10 heteroatoms. The van der Waals surface area contributed by atoms with E-state index in [1.807, 2.05) is 12.4 Å². The van der Waals surface area contributed by atoms with Crippen molar-refractivity contribution in [3.05, 3.63) is 53.6 Å². The van der Waals surface area contributed by atoms with Gasteiger partial charge < -0.3 is 4.90 Å². The fourth-order valence-electron chi connectivity index (χ4n) is 4.27. The zero-order chi connectivity index (χ0) is 24.2. The van der Waals surface area contributed by atoms with Crippen LogP contribution in [0.5, 0.6) is 5.75 Å². The van der Waals surface area contributed by atoms with Gasteiger partial charge in [-0.25, -0.2) is 0 Å². The Kier molecular flexibility index (Phi) is 7.59. The molecular weight excluding hydrogens is 487 g/mol. The summed E-state index contributed by atoms with van der Waals surface area (Å²) in [4.78, 5) is 22.3. The number of benzene rings is 2. The van der Waals surface area contributed by atoms with Gasteiger partial charge in [0.25, 0.3) is 0 Å². The molecule has 0 saturated carbocycles. The van der Waals surface area contributed by atoms with E-state index in [1.165, 1.54) is 24.1 Å². The molecule has 0 fully saturated rings. The van der Waals surface area contributed by atoms with Crippen molar-refractivity contribution < 1.29 is 21.8 Å². The van der Waals surface area contributed by atoms with E-state index in [0.717, 1.165) is 31.5 Å². The van der Waals surface area contributed by atoms with Gasteiger partial charge >= 0.3 is 88.1 Å². The van der Waals surface area contributed by atoms with Gasteiger partial charge in [0.2, 0.25) is 0 Å². The fraction of sp³-hybridized carbons (Fsp3) is 0.348. The number of amides is 1. The molecule has 2 aromatic rings. The Morgan fingerprint density at radius 3 is 2.45 bits per heavy atom. The fourth-order valence-corrected chi connectivity index (χ4v) is 5.70. The van der Waals surface area contributed by atoms with Crippen LogP contribution in [0.1, 0.15) is 30.4 Å². The molecule has 1 atom stereocenters. The molecule has 9 nitrogen and oxygen atoms in total. The van der Waals surface area contributed by atoms with E-state index in [4.69, 9.17) is 18.2 Å². The molecule has 1 heterocycles. The van der Waals surface area contributed by atoms with E-state index < -0.39 is 24.3 Å². The van der Waals surface area contributed by atoms with E-state index >= 15 is 0 Å². The first-order valence-electron chi connectivity index (χ1n) is 10.5. The number of fused-ring (bicyclic) bond motifs is 1. The third-order valence-electron chi connectivity index (χ3n) is 5.51. The Morgan fingerprint density at radius 1 is 1.18 bits per heavy atom. The van der Waals surface area contributed by atoms with Gasteiger partial charge in [0.05, 0.1) is 0 Å². The quantitative estimate of drug-likeness (QED) is 0.347. The molecule has 33 heavy (non-hydrogen) atoms. The van der Waals surface area contributed by atoms with E-state index in [2.05, 4.69) is 48.6 Å². The summed E-state index contributed by atoms with van der Waals surface area (Å²) in [5.74, 6) is -0.410. The molecule has 1 amide bonds. The maximum absolute atomic E-state index is 11.0. The van der Waals surface area contributed by atoms with Crippen LogP contribution in [-0.2, 0) is 15.0 Å². The summed E-state index contributed by atoms with van der Waals surface area (Å²) in [6.07, 6.45) is 6.01. The molecule has 176 valence electrons. The zero-order valence-electron chi connectivity index (χ0n) is 18.8. The van der Waals surface area contributed by atoms with Crippen LogP contribution >= 0.6 is 0 Å². The smallest absolute Gasteiger partial charge is 0.169 e. The summed E-state index contributed by atoms with van der Waals surface area (Å²) < 4.78 is 28.4. The second-order valence-electron chi connectivity index (χ2n) is 8.39. The van der Waals surface area contributed by atoms with Gasteiger partial charge in [-0.3, -0.25) is 9.98 Å². The molecule has 1 aliphatic carbocycles. The third-order valence-corrected chi connectivity index (χ3v) is 7.58. The minimum Gasteiger partial charge on any atom is -0.305 e. The van der Waals surface area contributed by atoms with Crippen LogP contribution in [0.15, 0.2) is 52.4 Å². The number of hydrogen-bond donors (Lipinski definition) is 4. The minimum absolute atomic E-state index is 0.236. The maximum atomic E-state index is 11.0. The predicted octanol–water partition coefficient (Wildman–Crippen LogP) is 1.04. The van der Waals surface area contributed by atoms with Gasteiger partial charge in [-0.2, -0.15) is 0 Å². The molecule has 0 saturated heterocycles. The number of rotatable bonds is 5. The number of phenols is 1. The number of anilines is 1. The van der Waals surface area contributed by atoms with Gasteiger partial charge in [0.15, 0.2) is 5.66 Å². The van der Waals surface area contributed by atoms with Crippen molar-refractivity contribution >= 4 is 42.5 Å². The van der Waals surface area contributed by atoms with Crippen molar-refractivity contribution in [1.29, 1.82) is 0 Å². The first kappa shape index (κ1) is 24.9. The van der Waals surface area contributed by atoms with Crippen molar-refractivity contribution in [3.63, 3.8) is 0 Å². The Hall–Kier alpha value is -2.71. The van der Waals surface area contributed by atoms with Crippen molar-refractivity contribution in [2.24, 2.45) is 9.98 Å². The normalized spacial score (nSPS) is 18.1. The van der Waals surface area contributed by atoms with Crippen molar-refractivity contribution in [2.45, 2.75) is 31.3 Å². The maximum Gasteiger partial charge on any atom is 0.169 e. The molecule has 4 rings (SSSR count). The Labute approximate surface area is 195 Å². The van der Waals surface area contributed by atoms with Gasteiger partial charge in [0, 0.05) is 24.9 Å². The Balaban J connectivity index is 0.000000190. The number of likely N-dealkylation sites (N-methyl/N-ethyl adjacent to an activating group) is 1. The summed E-state index contributed by atoms with van der Waals surface area (Å²) in [5.41, 5.74) is 2.85. The minimum atomic E-state index is -5.15. The summed E-state index contributed by atoms with van der Waals surface area (Å²) >= 11 is -5.15. The predicted molar refractivity (Wildman–Crippen MR) is 129 cm³/mol. The van der Waals surface area contributed by atoms with Gasteiger partial charge in [-0.15, -0.1) is 0 Å². The van der Waals surface area contributed by atoms with Crippen LogP contribution in [0.2, 0.25) is 0 Å². The number of phenolic OH excluding ortho intramolecular Hbond substituents is 1. The van der Waals surface area contributed by atoms with Gasteiger partial charge in [-0.05, 0) is 38.1 Å². The standard InChI is InChI=1S/C15H19N3.C8H10AsNO5/c1-18(2)11-15(16-9-10-17-15)14-8-7-12-5-3-4-6-13(12)14;1-5(11)10-6-2-3-8(12)7(4-6)9(13,14)15/h3-6,9-10,14H,7-8,11H2,1-2H3;2-4,12H,1H3,(H,10,11)(H2,13,14,15). The average molecular weight is 516 g/mol. The van der Waals surface area contributed by atoms with Crippen LogP contribution in [0.3, 0.4) is 0 Å². The molecule has 0 spiro atoms. The number of nitrogens with zero attached hydrogens (tertiary/aromatic N) is 3. The first-order chi connectivity index (χ1) is 15.5. The van der Waals surface area contributed by atoms with Crippen LogP contribution in [0.25, 0.3) is 0 Å². The molecule has 2 aromatic carbocycles. The number of carbonyl (C=O) groups is 1. The van der Waals surface area contributed by atoms with Gasteiger partial charge in [-0.1, -0.05) is 24.3 Å². The molecule has 1 unspecified atom stereocenters. The third kappa shape index (κ3) is 6.00. The average Bonchev–Trinajstić information content (AvgIpc) is 3.36. The number of carbonyl (C=O) groups excluding carboxylic acids is 1. The number of aromatic hydroxyl groups is 1. The first-order valence-corrected chi connectivity index (χ1v) is 13.9. The van der Waals surface area contributed by atoms with E-state index in [0.29, 0.717) is 5.92 Å². The van der Waals surface area contributed by atoms with E-state index in [9.17, 15) is 13.6 Å². The largest absolute Gasteiger partial charge is 0.305 e. The van der Waals surface area contributed by atoms with Crippen molar-refractivity contribution in [1.82, 2.24) is 4.90 Å².